The van der Waals surface area contributed by atoms with E-state index in [-0.39, 0.29) is 5.15 Å². The molecule has 0 aromatic carbocycles. The van der Waals surface area contributed by atoms with E-state index in [2.05, 4.69) is 15.0 Å². The van der Waals surface area contributed by atoms with Crippen LogP contribution >= 0.6 is 22.9 Å². The molecule has 2 rings (SSSR count). The number of nitrogens with one attached hydrogen (secondary N) is 1. The molecule has 1 fully saturated rings. The zero-order valence-electron chi connectivity index (χ0n) is 9.36. The van der Waals surface area contributed by atoms with Gasteiger partial charge in [-0.3, -0.25) is 0 Å². The van der Waals surface area contributed by atoms with E-state index in [1.807, 2.05) is 0 Å². The Labute approximate surface area is 108 Å². The fraction of sp³-hybridized carbons (Fsp3) is 0.600. The van der Waals surface area contributed by atoms with Crippen LogP contribution in [0, 0.1) is 0 Å². The molecule has 0 spiro atoms. The van der Waals surface area contributed by atoms with Crippen LogP contribution < -0.4 is 5.32 Å². The molecule has 94 valence electrons. The Kier molecular flexibility index (Phi) is 4.20. The third-order valence-corrected chi connectivity index (χ3v) is 3.86. The number of carbonyl (C=O) groups excluding carboxylic acids is 1. The number of carbonyl (C=O) groups is 1. The van der Waals surface area contributed by atoms with Crippen LogP contribution in [-0.2, 0) is 9.47 Å². The molecule has 0 atom stereocenters. The lowest BCUT2D eigenvalue weighted by Crippen LogP contribution is -2.27. The first kappa shape index (κ1) is 12.6. The van der Waals surface area contributed by atoms with Crippen LogP contribution in [0.3, 0.4) is 0 Å². The number of rotatable bonds is 3. The van der Waals surface area contributed by atoms with Gasteiger partial charge in [0, 0.05) is 19.3 Å². The molecule has 1 aliphatic rings. The normalized spacial score (nSPS) is 16.8. The van der Waals surface area contributed by atoms with Gasteiger partial charge in [-0.2, -0.15) is 0 Å². The quantitative estimate of drug-likeness (QED) is 0.858. The zero-order valence-corrected chi connectivity index (χ0v) is 10.9. The monoisotopic (exact) mass is 276 g/mol. The van der Waals surface area contributed by atoms with Gasteiger partial charge < -0.3 is 14.8 Å². The van der Waals surface area contributed by atoms with E-state index >= 15 is 0 Å². The number of thiazole rings is 1. The van der Waals surface area contributed by atoms with Gasteiger partial charge in [0.25, 0.3) is 0 Å². The molecule has 0 radical (unpaired) electrons. The van der Waals surface area contributed by atoms with Gasteiger partial charge in [0.05, 0.1) is 7.11 Å². The van der Waals surface area contributed by atoms with E-state index in [4.69, 9.17) is 16.3 Å². The molecular formula is C10H13ClN2O3S. The summed E-state index contributed by atoms with van der Waals surface area (Å²) in [6.07, 6.45) is 1.87. The lowest BCUT2D eigenvalue weighted by Gasteiger charge is -2.22. The Morgan fingerprint density at radius 1 is 1.59 bits per heavy atom. The van der Waals surface area contributed by atoms with Crippen molar-refractivity contribution >= 4 is 34.0 Å². The number of anilines is 1. The number of halogens is 1. The summed E-state index contributed by atoms with van der Waals surface area (Å²) < 4.78 is 9.88. The minimum atomic E-state index is -0.451. The highest BCUT2D eigenvalue weighted by molar-refractivity contribution is 7.18. The first-order chi connectivity index (χ1) is 8.20. The van der Waals surface area contributed by atoms with E-state index in [9.17, 15) is 4.79 Å². The summed E-state index contributed by atoms with van der Waals surface area (Å²) in [7, 11) is 1.32. The van der Waals surface area contributed by atoms with Crippen LogP contribution in [-0.4, -0.2) is 37.3 Å². The molecule has 0 amide bonds. The topological polar surface area (TPSA) is 60.5 Å². The van der Waals surface area contributed by atoms with E-state index in [0.29, 0.717) is 16.1 Å². The highest BCUT2D eigenvalue weighted by atomic mass is 35.5. The van der Waals surface area contributed by atoms with Crippen LogP contribution in [0.5, 0.6) is 0 Å². The molecule has 0 saturated carbocycles. The van der Waals surface area contributed by atoms with Crippen LogP contribution in [0.4, 0.5) is 5.13 Å². The van der Waals surface area contributed by atoms with Gasteiger partial charge in [-0.25, -0.2) is 9.78 Å². The van der Waals surface area contributed by atoms with Crippen molar-refractivity contribution in [1.29, 1.82) is 0 Å². The van der Waals surface area contributed by atoms with Gasteiger partial charge in [0.2, 0.25) is 0 Å². The van der Waals surface area contributed by atoms with Gasteiger partial charge >= 0.3 is 5.97 Å². The van der Waals surface area contributed by atoms with E-state index in [1.165, 1.54) is 18.4 Å². The molecule has 0 bridgehead atoms. The Morgan fingerprint density at radius 2 is 2.29 bits per heavy atom. The van der Waals surface area contributed by atoms with Crippen LogP contribution in [0.2, 0.25) is 5.15 Å². The van der Waals surface area contributed by atoms with Gasteiger partial charge in [0.1, 0.15) is 0 Å². The summed E-state index contributed by atoms with van der Waals surface area (Å²) in [5.41, 5.74) is 0. The number of methoxy groups -OCH3 is 1. The van der Waals surface area contributed by atoms with Crippen molar-refractivity contribution in [3.8, 4) is 0 Å². The molecule has 5 nitrogen and oxygen atoms in total. The number of ether oxygens (including phenoxy) is 2. The van der Waals surface area contributed by atoms with Crippen LogP contribution in [0.15, 0.2) is 0 Å². The molecule has 0 unspecified atom stereocenters. The van der Waals surface area contributed by atoms with Gasteiger partial charge in [0.15, 0.2) is 15.2 Å². The van der Waals surface area contributed by atoms with Crippen LogP contribution in [0.25, 0.3) is 0 Å². The second-order valence-electron chi connectivity index (χ2n) is 3.66. The van der Waals surface area contributed by atoms with Crippen molar-refractivity contribution in [2.24, 2.45) is 0 Å². The molecule has 0 aliphatic carbocycles. The summed E-state index contributed by atoms with van der Waals surface area (Å²) in [4.78, 5) is 15.8. The molecule has 1 N–H and O–H groups in total. The Bertz CT molecular complexity index is 404. The molecular weight excluding hydrogens is 264 g/mol. The minimum Gasteiger partial charge on any atom is -0.465 e. The Hall–Kier alpha value is -0.850. The summed E-state index contributed by atoms with van der Waals surface area (Å²) in [6, 6.07) is 0.330. The molecule has 1 aromatic heterocycles. The second-order valence-corrected chi connectivity index (χ2v) is 5.02. The summed E-state index contributed by atoms with van der Waals surface area (Å²) in [5.74, 6) is -0.451. The maximum atomic E-state index is 11.4. The standard InChI is InChI=1S/C10H13ClN2O3S/c1-15-9(14)7-8(11)13-10(17-7)12-6-2-4-16-5-3-6/h6H,2-5H2,1H3,(H,12,13). The van der Waals surface area contributed by atoms with Crippen molar-refractivity contribution in [1.82, 2.24) is 4.98 Å². The van der Waals surface area contributed by atoms with E-state index < -0.39 is 5.97 Å². The van der Waals surface area contributed by atoms with E-state index in [0.717, 1.165) is 26.1 Å². The van der Waals surface area contributed by atoms with Crippen molar-refractivity contribution in [2.75, 3.05) is 25.6 Å². The smallest absolute Gasteiger partial charge is 0.351 e. The largest absolute Gasteiger partial charge is 0.465 e. The van der Waals surface area contributed by atoms with Gasteiger partial charge in [-0.05, 0) is 12.8 Å². The molecule has 2 heterocycles. The van der Waals surface area contributed by atoms with Crippen molar-refractivity contribution in [3.63, 3.8) is 0 Å². The number of nitrogens with zero attached hydrogens (tertiary/aromatic N) is 1. The highest BCUT2D eigenvalue weighted by Gasteiger charge is 2.20. The lowest BCUT2D eigenvalue weighted by molar-refractivity contribution is 0.0606. The number of aromatic nitrogens is 1. The number of hydrogen-bond donors (Lipinski definition) is 1. The van der Waals surface area contributed by atoms with Crippen LogP contribution in [0.1, 0.15) is 22.5 Å². The van der Waals surface area contributed by atoms with Gasteiger partial charge in [-0.1, -0.05) is 22.9 Å². The highest BCUT2D eigenvalue weighted by Crippen LogP contribution is 2.28. The molecule has 17 heavy (non-hydrogen) atoms. The predicted octanol–water partition coefficient (Wildman–Crippen LogP) is 2.17. The zero-order chi connectivity index (χ0) is 12.3. The van der Waals surface area contributed by atoms with E-state index in [1.54, 1.807) is 0 Å². The number of hydrogen-bond acceptors (Lipinski definition) is 6. The SMILES string of the molecule is COC(=O)c1sc(NC2CCOCC2)nc1Cl. The molecule has 1 saturated heterocycles. The van der Waals surface area contributed by atoms with Crippen molar-refractivity contribution < 1.29 is 14.3 Å². The fourth-order valence-electron chi connectivity index (χ4n) is 1.60. The number of esters is 1. The summed E-state index contributed by atoms with van der Waals surface area (Å²) in [5, 5.41) is 4.10. The Morgan fingerprint density at radius 3 is 2.94 bits per heavy atom. The maximum Gasteiger partial charge on any atom is 0.351 e. The summed E-state index contributed by atoms with van der Waals surface area (Å²) >= 11 is 7.09. The molecule has 1 aromatic rings. The molecule has 1 aliphatic heterocycles. The summed E-state index contributed by atoms with van der Waals surface area (Å²) in [6.45, 7) is 1.50. The second kappa shape index (κ2) is 5.66. The third-order valence-electron chi connectivity index (χ3n) is 2.51. The molecule has 7 heteroatoms. The average Bonchev–Trinajstić information content (AvgIpc) is 2.70. The van der Waals surface area contributed by atoms with Gasteiger partial charge in [-0.15, -0.1) is 0 Å². The fourth-order valence-corrected chi connectivity index (χ4v) is 2.78. The minimum absolute atomic E-state index is 0.191. The predicted molar refractivity (Wildman–Crippen MR) is 65.9 cm³/mol. The van der Waals surface area contributed by atoms with Crippen molar-refractivity contribution in [2.45, 2.75) is 18.9 Å². The van der Waals surface area contributed by atoms with Crippen molar-refractivity contribution in [3.05, 3.63) is 10.0 Å². The average molecular weight is 277 g/mol. The first-order valence-corrected chi connectivity index (χ1v) is 6.49. The maximum absolute atomic E-state index is 11.4. The lowest BCUT2D eigenvalue weighted by atomic mass is 10.1. The first-order valence-electron chi connectivity index (χ1n) is 5.29. The Balaban J connectivity index is 2.03. The third kappa shape index (κ3) is 3.08.